The Balaban J connectivity index is 1.31. The van der Waals surface area contributed by atoms with Crippen LogP contribution in [-0.2, 0) is 6.54 Å². The zero-order valence-electron chi connectivity index (χ0n) is 16.2. The number of benzene rings is 3. The smallest absolute Gasteiger partial charge is 0.255 e. The number of nitrogens with one attached hydrogen (secondary N) is 1. The van der Waals surface area contributed by atoms with Crippen LogP contribution in [-0.4, -0.2) is 37.0 Å². The molecule has 0 aliphatic carbocycles. The molecule has 3 aromatic carbocycles. The number of nitrogens with zero attached hydrogens (tertiary/aromatic N) is 2. The molecular formula is C24H24ClN3O. The quantitative estimate of drug-likeness (QED) is 0.654. The fourth-order valence-corrected chi connectivity index (χ4v) is 3.76. The maximum absolute atomic E-state index is 12.5. The zero-order chi connectivity index (χ0) is 20.1. The second-order valence-electron chi connectivity index (χ2n) is 7.23. The third-order valence-electron chi connectivity index (χ3n) is 5.24. The molecule has 5 heteroatoms. The van der Waals surface area contributed by atoms with E-state index in [1.54, 1.807) is 12.1 Å². The van der Waals surface area contributed by atoms with Gasteiger partial charge in [0.25, 0.3) is 5.91 Å². The number of carbonyl (C=O) groups excluding carboxylic acids is 1. The van der Waals surface area contributed by atoms with Crippen molar-refractivity contribution in [1.29, 1.82) is 0 Å². The molecule has 0 radical (unpaired) electrons. The van der Waals surface area contributed by atoms with Gasteiger partial charge in [0, 0.05) is 44.0 Å². The van der Waals surface area contributed by atoms with Gasteiger partial charge in [0.2, 0.25) is 0 Å². The second kappa shape index (κ2) is 9.12. The third kappa shape index (κ3) is 4.97. The molecule has 0 aromatic heterocycles. The molecule has 1 aliphatic rings. The maximum atomic E-state index is 12.5. The number of rotatable bonds is 5. The van der Waals surface area contributed by atoms with E-state index in [9.17, 15) is 4.79 Å². The lowest BCUT2D eigenvalue weighted by molar-refractivity contribution is 0.102. The zero-order valence-corrected chi connectivity index (χ0v) is 17.0. The minimum absolute atomic E-state index is 0.152. The van der Waals surface area contributed by atoms with Crippen molar-refractivity contribution in [3.63, 3.8) is 0 Å². The molecule has 29 heavy (non-hydrogen) atoms. The molecule has 148 valence electrons. The number of hydrogen-bond donors (Lipinski definition) is 1. The molecule has 1 amide bonds. The highest BCUT2D eigenvalue weighted by Crippen LogP contribution is 2.21. The van der Waals surface area contributed by atoms with Gasteiger partial charge in [-0.05, 0) is 42.0 Å². The van der Waals surface area contributed by atoms with E-state index in [-0.39, 0.29) is 5.91 Å². The lowest BCUT2D eigenvalue weighted by Crippen LogP contribution is -2.45. The predicted octanol–water partition coefficient (Wildman–Crippen LogP) is 4.91. The van der Waals surface area contributed by atoms with Crippen molar-refractivity contribution in [1.82, 2.24) is 4.90 Å². The summed E-state index contributed by atoms with van der Waals surface area (Å²) < 4.78 is 0. The fourth-order valence-electron chi connectivity index (χ4n) is 3.58. The van der Waals surface area contributed by atoms with Crippen LogP contribution < -0.4 is 10.2 Å². The van der Waals surface area contributed by atoms with E-state index in [0.717, 1.165) is 32.7 Å². The molecule has 1 aliphatic heterocycles. The molecule has 1 N–H and O–H groups in total. The summed E-state index contributed by atoms with van der Waals surface area (Å²) in [4.78, 5) is 17.3. The van der Waals surface area contributed by atoms with E-state index in [0.29, 0.717) is 16.3 Å². The van der Waals surface area contributed by atoms with Crippen LogP contribution in [0.15, 0.2) is 78.9 Å². The predicted molar refractivity (Wildman–Crippen MR) is 120 cm³/mol. The molecule has 1 heterocycles. The Bertz CT molecular complexity index is 951. The van der Waals surface area contributed by atoms with Crippen molar-refractivity contribution >= 4 is 28.9 Å². The maximum Gasteiger partial charge on any atom is 0.255 e. The topological polar surface area (TPSA) is 35.6 Å². The van der Waals surface area contributed by atoms with Crippen LogP contribution in [0.25, 0.3) is 0 Å². The van der Waals surface area contributed by atoms with Gasteiger partial charge in [-0.2, -0.15) is 0 Å². The van der Waals surface area contributed by atoms with E-state index in [2.05, 4.69) is 45.4 Å². The van der Waals surface area contributed by atoms with Gasteiger partial charge < -0.3 is 10.2 Å². The first-order valence-electron chi connectivity index (χ1n) is 9.86. The van der Waals surface area contributed by atoms with Crippen molar-refractivity contribution in [2.45, 2.75) is 6.54 Å². The van der Waals surface area contributed by atoms with Crippen LogP contribution >= 0.6 is 11.6 Å². The summed E-state index contributed by atoms with van der Waals surface area (Å²) in [7, 11) is 0. The lowest BCUT2D eigenvalue weighted by Gasteiger charge is -2.36. The molecule has 1 fully saturated rings. The highest BCUT2D eigenvalue weighted by molar-refractivity contribution is 6.33. The van der Waals surface area contributed by atoms with Crippen LogP contribution in [0.5, 0.6) is 0 Å². The summed E-state index contributed by atoms with van der Waals surface area (Å²) in [6, 6.07) is 25.6. The van der Waals surface area contributed by atoms with Gasteiger partial charge in [-0.15, -0.1) is 0 Å². The number of anilines is 2. The summed E-state index contributed by atoms with van der Waals surface area (Å²) in [5.74, 6) is -0.152. The summed E-state index contributed by atoms with van der Waals surface area (Å²) in [6.45, 7) is 5.02. The molecule has 3 aromatic rings. The number of piperazine rings is 1. The van der Waals surface area contributed by atoms with Crippen LogP contribution in [0.2, 0.25) is 5.02 Å². The van der Waals surface area contributed by atoms with Gasteiger partial charge in [-0.25, -0.2) is 0 Å². The van der Waals surface area contributed by atoms with E-state index >= 15 is 0 Å². The molecule has 4 nitrogen and oxygen atoms in total. The van der Waals surface area contributed by atoms with Crippen molar-refractivity contribution < 1.29 is 4.79 Å². The highest BCUT2D eigenvalue weighted by Gasteiger charge is 2.17. The number of carbonyl (C=O) groups is 1. The van der Waals surface area contributed by atoms with Crippen LogP contribution in [0.3, 0.4) is 0 Å². The summed E-state index contributed by atoms with van der Waals surface area (Å²) >= 11 is 6.12. The largest absolute Gasteiger partial charge is 0.369 e. The third-order valence-corrected chi connectivity index (χ3v) is 5.57. The first kappa shape index (κ1) is 19.5. The Morgan fingerprint density at radius 2 is 1.48 bits per heavy atom. The number of para-hydroxylation sites is 2. The van der Waals surface area contributed by atoms with Crippen molar-refractivity contribution in [2.75, 3.05) is 36.4 Å². The van der Waals surface area contributed by atoms with Gasteiger partial charge in [-0.3, -0.25) is 9.69 Å². The van der Waals surface area contributed by atoms with Crippen LogP contribution in [0, 0.1) is 0 Å². The summed E-state index contributed by atoms with van der Waals surface area (Å²) in [5, 5.41) is 3.40. The SMILES string of the molecule is O=C(Nc1ccccc1Cl)c1ccc(CN2CCN(c3ccccc3)CC2)cc1. The number of amides is 1. The average molecular weight is 406 g/mol. The lowest BCUT2D eigenvalue weighted by atomic mass is 10.1. The Kier molecular flexibility index (Phi) is 6.13. The molecule has 0 bridgehead atoms. The Hall–Kier alpha value is -2.82. The molecule has 1 saturated heterocycles. The van der Waals surface area contributed by atoms with E-state index < -0.39 is 0 Å². The average Bonchev–Trinajstić information content (AvgIpc) is 2.77. The molecule has 0 atom stereocenters. The first-order valence-corrected chi connectivity index (χ1v) is 10.2. The van der Waals surface area contributed by atoms with Gasteiger partial charge in [0.05, 0.1) is 10.7 Å². The van der Waals surface area contributed by atoms with Gasteiger partial charge in [0.1, 0.15) is 0 Å². The van der Waals surface area contributed by atoms with Gasteiger partial charge in [0.15, 0.2) is 0 Å². The second-order valence-corrected chi connectivity index (χ2v) is 7.64. The Morgan fingerprint density at radius 1 is 0.828 bits per heavy atom. The molecule has 0 unspecified atom stereocenters. The first-order chi connectivity index (χ1) is 14.2. The minimum atomic E-state index is -0.152. The van der Waals surface area contributed by atoms with Gasteiger partial charge >= 0.3 is 0 Å². The Labute approximate surface area is 176 Å². The highest BCUT2D eigenvalue weighted by atomic mass is 35.5. The number of hydrogen-bond acceptors (Lipinski definition) is 3. The number of halogens is 1. The molecule has 4 rings (SSSR count). The van der Waals surface area contributed by atoms with Gasteiger partial charge in [-0.1, -0.05) is 54.1 Å². The van der Waals surface area contributed by atoms with Crippen molar-refractivity contribution in [2.24, 2.45) is 0 Å². The van der Waals surface area contributed by atoms with E-state index in [4.69, 9.17) is 11.6 Å². The van der Waals surface area contributed by atoms with Crippen LogP contribution in [0.4, 0.5) is 11.4 Å². The van der Waals surface area contributed by atoms with Crippen molar-refractivity contribution in [3.05, 3.63) is 95.0 Å². The summed E-state index contributed by atoms with van der Waals surface area (Å²) in [5.41, 5.74) is 3.76. The Morgan fingerprint density at radius 3 is 2.17 bits per heavy atom. The van der Waals surface area contributed by atoms with E-state index in [1.165, 1.54) is 11.3 Å². The summed E-state index contributed by atoms with van der Waals surface area (Å²) in [6.07, 6.45) is 0. The standard InChI is InChI=1S/C24H24ClN3O/c25-22-8-4-5-9-23(22)26-24(29)20-12-10-19(11-13-20)18-27-14-16-28(17-15-27)21-6-2-1-3-7-21/h1-13H,14-18H2,(H,26,29). The fraction of sp³-hybridized carbons (Fsp3) is 0.208. The molecule has 0 saturated carbocycles. The van der Waals surface area contributed by atoms with E-state index in [1.807, 2.05) is 36.4 Å². The van der Waals surface area contributed by atoms with Crippen LogP contribution in [0.1, 0.15) is 15.9 Å². The monoisotopic (exact) mass is 405 g/mol. The normalized spacial score (nSPS) is 14.6. The van der Waals surface area contributed by atoms with Crippen molar-refractivity contribution in [3.8, 4) is 0 Å². The minimum Gasteiger partial charge on any atom is -0.369 e. The molecular weight excluding hydrogens is 382 g/mol. The molecule has 0 spiro atoms.